The van der Waals surface area contributed by atoms with Crippen LogP contribution in [0, 0.1) is 12.7 Å². The number of rotatable bonds is 6. The molecule has 0 aliphatic carbocycles. The van der Waals surface area contributed by atoms with Crippen molar-refractivity contribution in [2.75, 3.05) is 36.4 Å². The summed E-state index contributed by atoms with van der Waals surface area (Å²) in [5.74, 6) is 1.16. The van der Waals surface area contributed by atoms with Crippen molar-refractivity contribution in [2.45, 2.75) is 26.2 Å². The van der Waals surface area contributed by atoms with E-state index in [1.807, 2.05) is 13.0 Å². The highest BCUT2D eigenvalue weighted by Crippen LogP contribution is 2.20. The van der Waals surface area contributed by atoms with Crippen LogP contribution in [0.2, 0.25) is 5.02 Å². The third-order valence-electron chi connectivity index (χ3n) is 4.41. The lowest BCUT2D eigenvalue weighted by molar-refractivity contribution is 0.0951. The molecule has 2 heterocycles. The van der Waals surface area contributed by atoms with E-state index in [1.54, 1.807) is 0 Å². The topological polar surface area (TPSA) is 70.2 Å². The Morgan fingerprint density at radius 3 is 2.74 bits per heavy atom. The van der Waals surface area contributed by atoms with Crippen molar-refractivity contribution >= 4 is 29.1 Å². The molecule has 1 aromatic carbocycles. The van der Waals surface area contributed by atoms with E-state index in [0.717, 1.165) is 18.9 Å². The van der Waals surface area contributed by atoms with Gasteiger partial charge < -0.3 is 15.5 Å². The van der Waals surface area contributed by atoms with E-state index >= 15 is 0 Å². The maximum atomic E-state index is 13.8. The Hall–Kier alpha value is -2.41. The third-order valence-corrected chi connectivity index (χ3v) is 4.73. The molecule has 1 fully saturated rings. The highest BCUT2D eigenvalue weighted by Gasteiger charge is 2.16. The molecule has 0 radical (unpaired) electrons. The maximum absolute atomic E-state index is 13.8. The second-order valence-corrected chi connectivity index (χ2v) is 6.89. The van der Waals surface area contributed by atoms with Gasteiger partial charge >= 0.3 is 0 Å². The Labute approximate surface area is 163 Å². The first-order valence-corrected chi connectivity index (χ1v) is 9.49. The predicted molar refractivity (Wildman–Crippen MR) is 105 cm³/mol. The molecule has 144 valence electrons. The molecule has 2 aromatic rings. The lowest BCUT2D eigenvalue weighted by Gasteiger charge is -2.28. The molecule has 1 amide bonds. The Balaban J connectivity index is 1.54. The first kappa shape index (κ1) is 19.4. The van der Waals surface area contributed by atoms with E-state index in [4.69, 9.17) is 11.6 Å². The molecule has 27 heavy (non-hydrogen) atoms. The Morgan fingerprint density at radius 1 is 1.22 bits per heavy atom. The van der Waals surface area contributed by atoms with Crippen molar-refractivity contribution in [1.29, 1.82) is 0 Å². The molecule has 1 aromatic heterocycles. The monoisotopic (exact) mass is 391 g/mol. The van der Waals surface area contributed by atoms with Crippen LogP contribution in [0.4, 0.5) is 16.0 Å². The van der Waals surface area contributed by atoms with Gasteiger partial charge in [0, 0.05) is 32.2 Å². The number of hydrogen-bond acceptors (Lipinski definition) is 5. The molecule has 0 bridgehead atoms. The van der Waals surface area contributed by atoms with Gasteiger partial charge in [0.05, 0.1) is 10.6 Å². The summed E-state index contributed by atoms with van der Waals surface area (Å²) in [7, 11) is 0. The van der Waals surface area contributed by atoms with Crippen LogP contribution in [0.25, 0.3) is 0 Å². The second-order valence-electron chi connectivity index (χ2n) is 6.49. The molecular formula is C19H23ClFN5O. The van der Waals surface area contributed by atoms with Crippen LogP contribution in [-0.2, 0) is 0 Å². The van der Waals surface area contributed by atoms with E-state index in [-0.39, 0.29) is 10.6 Å². The number of aromatic nitrogens is 2. The minimum absolute atomic E-state index is 0.0954. The standard InChI is InChI=1S/C19H23ClFN5O/c1-13-24-16(12-17(25-13)26-10-3-2-4-11-26)22-8-9-23-19(27)18-14(20)6-5-7-15(18)21/h5-7,12H,2-4,8-11H2,1H3,(H,23,27)(H,22,24,25). The van der Waals surface area contributed by atoms with Crippen molar-refractivity contribution < 1.29 is 9.18 Å². The number of carbonyl (C=O) groups excluding carboxylic acids is 1. The quantitative estimate of drug-likeness (QED) is 0.738. The van der Waals surface area contributed by atoms with E-state index in [0.29, 0.717) is 24.7 Å². The molecule has 1 aliphatic heterocycles. The van der Waals surface area contributed by atoms with Gasteiger partial charge in [-0.3, -0.25) is 4.79 Å². The maximum Gasteiger partial charge on any atom is 0.255 e. The molecule has 6 nitrogen and oxygen atoms in total. The zero-order valence-electron chi connectivity index (χ0n) is 15.3. The smallest absolute Gasteiger partial charge is 0.255 e. The predicted octanol–water partition coefficient (Wildman–Crippen LogP) is 3.41. The fourth-order valence-corrected chi connectivity index (χ4v) is 3.35. The zero-order valence-corrected chi connectivity index (χ0v) is 16.0. The van der Waals surface area contributed by atoms with E-state index in [2.05, 4.69) is 25.5 Å². The number of amides is 1. The first-order valence-electron chi connectivity index (χ1n) is 9.11. The number of carbonyl (C=O) groups is 1. The number of anilines is 2. The van der Waals surface area contributed by atoms with Crippen molar-refractivity contribution in [2.24, 2.45) is 0 Å². The van der Waals surface area contributed by atoms with Gasteiger partial charge in [-0.2, -0.15) is 0 Å². The number of halogens is 2. The summed E-state index contributed by atoms with van der Waals surface area (Å²) in [6.07, 6.45) is 3.62. The average Bonchev–Trinajstić information content (AvgIpc) is 2.65. The zero-order chi connectivity index (χ0) is 19.2. The Bertz CT molecular complexity index is 790. The minimum atomic E-state index is -0.634. The molecule has 0 spiro atoms. The highest BCUT2D eigenvalue weighted by atomic mass is 35.5. The number of aryl methyl sites for hydroxylation is 1. The van der Waals surface area contributed by atoms with Crippen LogP contribution in [0.15, 0.2) is 24.3 Å². The second kappa shape index (κ2) is 8.99. The summed E-state index contributed by atoms with van der Waals surface area (Å²) in [6.45, 7) is 4.64. The first-order chi connectivity index (χ1) is 13.0. The molecule has 8 heteroatoms. The van der Waals surface area contributed by atoms with Gasteiger partial charge in [-0.15, -0.1) is 0 Å². The fourth-order valence-electron chi connectivity index (χ4n) is 3.10. The van der Waals surface area contributed by atoms with Crippen LogP contribution in [0.5, 0.6) is 0 Å². The SMILES string of the molecule is Cc1nc(NCCNC(=O)c2c(F)cccc2Cl)cc(N2CCCCC2)n1. The van der Waals surface area contributed by atoms with Crippen molar-refractivity contribution in [3.05, 3.63) is 46.5 Å². The molecule has 2 N–H and O–H groups in total. The van der Waals surface area contributed by atoms with Gasteiger partial charge in [0.15, 0.2) is 0 Å². The lowest BCUT2D eigenvalue weighted by atomic mass is 10.1. The number of nitrogens with zero attached hydrogens (tertiary/aromatic N) is 3. The van der Waals surface area contributed by atoms with E-state index in [1.165, 1.54) is 37.5 Å². The lowest BCUT2D eigenvalue weighted by Crippen LogP contribution is -2.31. The largest absolute Gasteiger partial charge is 0.368 e. The Morgan fingerprint density at radius 2 is 2.00 bits per heavy atom. The van der Waals surface area contributed by atoms with Crippen molar-refractivity contribution in [3.8, 4) is 0 Å². The molecule has 0 unspecified atom stereocenters. The molecule has 1 saturated heterocycles. The van der Waals surface area contributed by atoms with Gasteiger partial charge in [0.25, 0.3) is 5.91 Å². The van der Waals surface area contributed by atoms with E-state index < -0.39 is 11.7 Å². The highest BCUT2D eigenvalue weighted by molar-refractivity contribution is 6.33. The van der Waals surface area contributed by atoms with Crippen molar-refractivity contribution in [1.82, 2.24) is 15.3 Å². The molecule has 1 aliphatic rings. The van der Waals surface area contributed by atoms with Gasteiger partial charge in [-0.05, 0) is 38.3 Å². The Kier molecular flexibility index (Phi) is 6.45. The van der Waals surface area contributed by atoms with Crippen molar-refractivity contribution in [3.63, 3.8) is 0 Å². The van der Waals surface area contributed by atoms with Gasteiger partial charge in [-0.25, -0.2) is 14.4 Å². The average molecular weight is 392 g/mol. The molecular weight excluding hydrogens is 369 g/mol. The van der Waals surface area contributed by atoms with E-state index in [9.17, 15) is 9.18 Å². The van der Waals surface area contributed by atoms with Crippen LogP contribution < -0.4 is 15.5 Å². The van der Waals surface area contributed by atoms with Crippen LogP contribution >= 0.6 is 11.6 Å². The normalized spacial score (nSPS) is 14.1. The van der Waals surface area contributed by atoms with Crippen LogP contribution in [0.3, 0.4) is 0 Å². The number of piperidine rings is 1. The summed E-state index contributed by atoms with van der Waals surface area (Å²) < 4.78 is 13.8. The molecule has 0 saturated carbocycles. The number of hydrogen-bond donors (Lipinski definition) is 2. The summed E-state index contributed by atoms with van der Waals surface area (Å²) in [5, 5.41) is 5.94. The number of benzene rings is 1. The summed E-state index contributed by atoms with van der Waals surface area (Å²) in [5.41, 5.74) is -0.135. The summed E-state index contributed by atoms with van der Waals surface area (Å²) in [4.78, 5) is 23.3. The number of nitrogens with one attached hydrogen (secondary N) is 2. The van der Waals surface area contributed by atoms with Crippen LogP contribution in [-0.4, -0.2) is 42.1 Å². The third kappa shape index (κ3) is 5.07. The summed E-state index contributed by atoms with van der Waals surface area (Å²) in [6, 6.07) is 6.09. The summed E-state index contributed by atoms with van der Waals surface area (Å²) >= 11 is 5.90. The minimum Gasteiger partial charge on any atom is -0.368 e. The van der Waals surface area contributed by atoms with Gasteiger partial charge in [0.1, 0.15) is 23.3 Å². The fraction of sp³-hybridized carbons (Fsp3) is 0.421. The van der Waals surface area contributed by atoms with Crippen LogP contribution in [0.1, 0.15) is 35.4 Å². The molecule has 0 atom stereocenters. The molecule has 3 rings (SSSR count). The van der Waals surface area contributed by atoms with Gasteiger partial charge in [-0.1, -0.05) is 17.7 Å². The van der Waals surface area contributed by atoms with Gasteiger partial charge in [0.2, 0.25) is 0 Å².